The summed E-state index contributed by atoms with van der Waals surface area (Å²) in [4.78, 5) is 14.9. The van der Waals surface area contributed by atoms with Crippen LogP contribution in [-0.4, -0.2) is 73.6 Å². The molecular weight excluding hydrogens is 446 g/mol. The number of hydrogen-bond donors (Lipinski definition) is 1. The van der Waals surface area contributed by atoms with Crippen molar-refractivity contribution in [2.45, 2.75) is 83.7 Å². The third kappa shape index (κ3) is 3.40. The molecule has 1 N–H and O–H groups in total. The largest absolute Gasteiger partial charge is 0.449 e. The average Bonchev–Trinajstić information content (AvgIpc) is 2.85. The molecule has 0 aromatic carbocycles. The quantitative estimate of drug-likeness (QED) is 0.601. The zero-order valence-corrected chi connectivity index (χ0v) is 21.7. The second-order valence-corrected chi connectivity index (χ2v) is 13.1. The first kappa shape index (κ1) is 24.2. The van der Waals surface area contributed by atoms with Gasteiger partial charge in [0.15, 0.2) is 5.79 Å². The van der Waals surface area contributed by atoms with Crippen molar-refractivity contribution >= 4 is 6.09 Å². The van der Waals surface area contributed by atoms with Crippen molar-refractivity contribution in [3.8, 4) is 0 Å². The van der Waals surface area contributed by atoms with Crippen LogP contribution in [-0.2, 0) is 18.9 Å². The smallest absolute Gasteiger partial charge is 0.409 e. The van der Waals surface area contributed by atoms with Crippen LogP contribution in [0.25, 0.3) is 0 Å². The SMILES string of the molecule is C=C1[C@H]2CC[C@@]34[C@H](C2)[C@]2(COC(=O)N5CCOCC5)CCC[C@@](C)(CO)C2C[C@H]3OC(C)(C)O[C@@H]14. The topological polar surface area (TPSA) is 77.5 Å². The van der Waals surface area contributed by atoms with E-state index in [2.05, 4.69) is 13.5 Å². The van der Waals surface area contributed by atoms with E-state index in [-0.39, 0.29) is 47.1 Å². The van der Waals surface area contributed by atoms with Gasteiger partial charge in [-0.05, 0) is 81.1 Å². The average molecular weight is 490 g/mol. The lowest BCUT2D eigenvalue weighted by atomic mass is 9.35. The van der Waals surface area contributed by atoms with Crippen molar-refractivity contribution < 1.29 is 28.8 Å². The Morgan fingerprint density at radius 3 is 2.63 bits per heavy atom. The fourth-order valence-electron chi connectivity index (χ4n) is 9.48. The molecule has 2 aliphatic heterocycles. The maximum Gasteiger partial charge on any atom is 0.409 e. The summed E-state index contributed by atoms with van der Waals surface area (Å²) < 4.78 is 25.1. The van der Waals surface area contributed by atoms with E-state index in [4.69, 9.17) is 18.9 Å². The fraction of sp³-hybridized carbons (Fsp3) is 0.893. The van der Waals surface area contributed by atoms with Gasteiger partial charge in [-0.25, -0.2) is 4.79 Å². The molecule has 1 spiro atoms. The van der Waals surface area contributed by atoms with Crippen LogP contribution in [0.15, 0.2) is 12.2 Å². The second kappa shape index (κ2) is 8.17. The number of nitrogens with zero attached hydrogens (tertiary/aromatic N) is 1. The molecule has 1 amide bonds. The number of amides is 1. The number of fused-ring (bicyclic) bond motifs is 2. The third-order valence-corrected chi connectivity index (χ3v) is 11.0. The molecule has 5 aliphatic carbocycles. The Hall–Kier alpha value is -1.15. The molecule has 7 aliphatic rings. The van der Waals surface area contributed by atoms with Gasteiger partial charge in [-0.15, -0.1) is 0 Å². The number of carbonyl (C=O) groups excluding carboxylic acids is 1. The highest BCUT2D eigenvalue weighted by atomic mass is 16.7. The highest BCUT2D eigenvalue weighted by Crippen LogP contribution is 2.74. The summed E-state index contributed by atoms with van der Waals surface area (Å²) >= 11 is 0. The minimum Gasteiger partial charge on any atom is -0.449 e. The van der Waals surface area contributed by atoms with Gasteiger partial charge in [-0.1, -0.05) is 19.9 Å². The summed E-state index contributed by atoms with van der Waals surface area (Å²) in [5.41, 5.74) is 0.727. The van der Waals surface area contributed by atoms with E-state index < -0.39 is 5.79 Å². The number of hydrogen-bond acceptors (Lipinski definition) is 6. The monoisotopic (exact) mass is 489 g/mol. The van der Waals surface area contributed by atoms with Gasteiger partial charge in [0.1, 0.15) is 0 Å². The van der Waals surface area contributed by atoms with Crippen LogP contribution in [0.1, 0.15) is 65.7 Å². The molecule has 0 aromatic heterocycles. The Morgan fingerprint density at radius 1 is 1.11 bits per heavy atom. The number of aliphatic hydroxyl groups excluding tert-OH is 1. The number of carbonyl (C=O) groups is 1. The Labute approximate surface area is 209 Å². The summed E-state index contributed by atoms with van der Waals surface area (Å²) in [5.74, 6) is 0.342. The molecule has 8 atom stereocenters. The number of aliphatic hydroxyl groups is 1. The van der Waals surface area contributed by atoms with Gasteiger partial charge in [-0.2, -0.15) is 0 Å². The predicted octanol–water partition coefficient (Wildman–Crippen LogP) is 4.14. The molecule has 2 bridgehead atoms. The zero-order valence-electron chi connectivity index (χ0n) is 21.7. The van der Waals surface area contributed by atoms with E-state index in [1.807, 2.05) is 13.8 Å². The minimum atomic E-state index is -0.654. The van der Waals surface area contributed by atoms with E-state index in [0.717, 1.165) is 44.9 Å². The lowest BCUT2D eigenvalue weighted by molar-refractivity contribution is -0.397. The van der Waals surface area contributed by atoms with E-state index in [1.54, 1.807) is 4.90 Å². The first-order valence-corrected chi connectivity index (χ1v) is 13.8. The van der Waals surface area contributed by atoms with Crippen LogP contribution in [0.5, 0.6) is 0 Å². The van der Waals surface area contributed by atoms with Gasteiger partial charge < -0.3 is 29.0 Å². The molecule has 2 saturated heterocycles. The van der Waals surface area contributed by atoms with Gasteiger partial charge in [-0.3, -0.25) is 0 Å². The van der Waals surface area contributed by atoms with Crippen LogP contribution < -0.4 is 0 Å². The Morgan fingerprint density at radius 2 is 1.89 bits per heavy atom. The van der Waals surface area contributed by atoms with Gasteiger partial charge in [0.05, 0.1) is 32.0 Å². The van der Waals surface area contributed by atoms with Crippen LogP contribution in [0, 0.1) is 34.0 Å². The lowest BCUT2D eigenvalue weighted by Gasteiger charge is -2.74. The molecular formula is C28H43NO6. The van der Waals surface area contributed by atoms with Crippen molar-refractivity contribution in [1.29, 1.82) is 0 Å². The Kier molecular flexibility index (Phi) is 5.65. The van der Waals surface area contributed by atoms with Crippen molar-refractivity contribution in [2.75, 3.05) is 39.5 Å². The second-order valence-electron chi connectivity index (χ2n) is 13.1. The zero-order chi connectivity index (χ0) is 24.6. The third-order valence-electron chi connectivity index (χ3n) is 11.0. The van der Waals surface area contributed by atoms with E-state index in [1.165, 1.54) is 5.57 Å². The van der Waals surface area contributed by atoms with Gasteiger partial charge in [0.2, 0.25) is 0 Å². The maximum atomic E-state index is 13.1. The molecule has 0 aromatic rings. The molecule has 5 saturated carbocycles. The molecule has 7 rings (SSSR count). The lowest BCUT2D eigenvalue weighted by Crippen LogP contribution is -2.75. The minimum absolute atomic E-state index is 0.0103. The summed E-state index contributed by atoms with van der Waals surface area (Å²) in [6.07, 6.45) is 7.06. The molecule has 7 heteroatoms. The van der Waals surface area contributed by atoms with Crippen molar-refractivity contribution in [1.82, 2.24) is 4.90 Å². The highest BCUT2D eigenvalue weighted by molar-refractivity contribution is 5.67. The molecule has 35 heavy (non-hydrogen) atoms. The van der Waals surface area contributed by atoms with Crippen molar-refractivity contribution in [3.63, 3.8) is 0 Å². The summed E-state index contributed by atoms with van der Waals surface area (Å²) in [7, 11) is 0. The molecule has 0 radical (unpaired) electrons. The summed E-state index contributed by atoms with van der Waals surface area (Å²) in [6, 6.07) is 0. The van der Waals surface area contributed by atoms with Crippen molar-refractivity contribution in [2.24, 2.45) is 34.0 Å². The highest BCUT2D eigenvalue weighted by Gasteiger charge is 2.74. The van der Waals surface area contributed by atoms with Gasteiger partial charge in [0.25, 0.3) is 0 Å². The van der Waals surface area contributed by atoms with Crippen LogP contribution in [0.3, 0.4) is 0 Å². The normalized spacial score (nSPS) is 48.2. The number of morpholine rings is 1. The van der Waals surface area contributed by atoms with Crippen molar-refractivity contribution in [3.05, 3.63) is 12.2 Å². The van der Waals surface area contributed by atoms with E-state index in [0.29, 0.717) is 44.7 Å². The van der Waals surface area contributed by atoms with E-state index >= 15 is 0 Å². The first-order chi connectivity index (χ1) is 16.7. The fourth-order valence-corrected chi connectivity index (χ4v) is 9.48. The molecule has 1 unspecified atom stereocenters. The molecule has 196 valence electrons. The standard InChI is InChI=1S/C28H43NO6/c1-18-19-6-9-28-21(14-19)27(17-33-24(31)29-10-12-32-13-11-29)8-5-7-26(4,16-30)20(27)15-22(28)34-25(2,3)35-23(18)28/h19-23,30H,1,5-17H2,2-4H3/t19-,20?,21+,22+,23-,26-,27-,28+/m0/s1. The first-order valence-electron chi connectivity index (χ1n) is 13.8. The molecule has 2 heterocycles. The van der Waals surface area contributed by atoms with Gasteiger partial charge in [0, 0.05) is 30.5 Å². The molecule has 7 fully saturated rings. The molecule has 7 nitrogen and oxygen atoms in total. The number of rotatable bonds is 3. The predicted molar refractivity (Wildman–Crippen MR) is 130 cm³/mol. The van der Waals surface area contributed by atoms with Crippen LogP contribution in [0.2, 0.25) is 0 Å². The Balaban J connectivity index is 1.40. The maximum absolute atomic E-state index is 13.1. The van der Waals surface area contributed by atoms with Gasteiger partial charge >= 0.3 is 6.09 Å². The summed E-state index contributed by atoms with van der Waals surface area (Å²) in [6.45, 7) is 13.7. The van der Waals surface area contributed by atoms with Crippen LogP contribution >= 0.6 is 0 Å². The Bertz CT molecular complexity index is 885. The number of ether oxygens (including phenoxy) is 4. The van der Waals surface area contributed by atoms with Crippen LogP contribution in [0.4, 0.5) is 4.79 Å². The summed E-state index contributed by atoms with van der Waals surface area (Å²) in [5, 5.41) is 10.7. The van der Waals surface area contributed by atoms with E-state index in [9.17, 15) is 9.90 Å².